The van der Waals surface area contributed by atoms with E-state index in [9.17, 15) is 18.8 Å². The highest BCUT2D eigenvalue weighted by molar-refractivity contribution is 5.94. The number of Topliss-reactive ketones (excluding diaryl/α,β-unsaturated/α-hetero) is 1. The Kier molecular flexibility index (Phi) is 7.05. The Balaban J connectivity index is 1.92. The number of carboxylic acid groups (broad SMARTS) is 1. The first kappa shape index (κ1) is 20.1. The van der Waals surface area contributed by atoms with E-state index in [-0.39, 0.29) is 43.1 Å². The minimum absolute atomic E-state index is 0.00922. The summed E-state index contributed by atoms with van der Waals surface area (Å²) < 4.78 is 19.3. The first-order valence-electron chi connectivity index (χ1n) is 8.39. The van der Waals surface area contributed by atoms with Crippen molar-refractivity contribution in [3.8, 4) is 5.75 Å². The first-order valence-corrected chi connectivity index (χ1v) is 8.39. The van der Waals surface area contributed by atoms with Crippen LogP contribution in [0.15, 0.2) is 42.5 Å². The molecule has 0 aliphatic rings. The van der Waals surface area contributed by atoms with Gasteiger partial charge in [-0.3, -0.25) is 14.4 Å². The second-order valence-electron chi connectivity index (χ2n) is 5.98. The third kappa shape index (κ3) is 6.54. The Bertz CT molecular complexity index is 850. The molecule has 6 nitrogen and oxygen atoms in total. The molecule has 27 heavy (non-hydrogen) atoms. The summed E-state index contributed by atoms with van der Waals surface area (Å²) in [5.74, 6) is -1.90. The van der Waals surface area contributed by atoms with Gasteiger partial charge in [-0.1, -0.05) is 12.1 Å². The van der Waals surface area contributed by atoms with Gasteiger partial charge in [-0.2, -0.15) is 0 Å². The molecule has 0 radical (unpaired) electrons. The smallest absolute Gasteiger partial charge is 0.303 e. The fraction of sp³-hybridized carbons (Fsp3) is 0.250. The molecular formula is C20H20FNO5. The van der Waals surface area contributed by atoms with E-state index in [1.807, 2.05) is 0 Å². The van der Waals surface area contributed by atoms with E-state index < -0.39 is 11.8 Å². The first-order chi connectivity index (χ1) is 12.8. The third-order valence-corrected chi connectivity index (χ3v) is 3.73. The molecule has 0 saturated heterocycles. The Labute approximate surface area is 156 Å². The number of carboxylic acids is 1. The molecule has 0 aliphatic heterocycles. The van der Waals surface area contributed by atoms with Crippen LogP contribution in [0.5, 0.6) is 5.75 Å². The number of hydrogen-bond donors (Lipinski definition) is 2. The van der Waals surface area contributed by atoms with Gasteiger partial charge < -0.3 is 15.2 Å². The van der Waals surface area contributed by atoms with Crippen LogP contribution in [0.4, 0.5) is 10.1 Å². The molecule has 2 aromatic carbocycles. The van der Waals surface area contributed by atoms with Gasteiger partial charge in [-0.05, 0) is 43.2 Å². The summed E-state index contributed by atoms with van der Waals surface area (Å²) in [6.45, 7) is 1.45. The molecule has 0 fully saturated rings. The minimum atomic E-state index is -0.935. The second-order valence-corrected chi connectivity index (χ2v) is 5.98. The second kappa shape index (κ2) is 9.47. The van der Waals surface area contributed by atoms with E-state index in [0.29, 0.717) is 11.4 Å². The fourth-order valence-corrected chi connectivity index (χ4v) is 2.40. The summed E-state index contributed by atoms with van der Waals surface area (Å²) in [6.07, 6.45) is 0.334. The lowest BCUT2D eigenvalue weighted by Crippen LogP contribution is -2.12. The number of anilines is 1. The maximum absolute atomic E-state index is 13.8. The van der Waals surface area contributed by atoms with Crippen molar-refractivity contribution in [1.82, 2.24) is 0 Å². The predicted octanol–water partition coefficient (Wildman–Crippen LogP) is 3.80. The summed E-state index contributed by atoms with van der Waals surface area (Å²) in [6, 6.07) is 11.0. The summed E-state index contributed by atoms with van der Waals surface area (Å²) in [4.78, 5) is 33.5. The van der Waals surface area contributed by atoms with Gasteiger partial charge in [0.05, 0.1) is 5.56 Å². The van der Waals surface area contributed by atoms with Crippen molar-refractivity contribution in [2.45, 2.75) is 32.8 Å². The van der Waals surface area contributed by atoms with Crippen LogP contribution in [0.3, 0.4) is 0 Å². The van der Waals surface area contributed by atoms with Gasteiger partial charge in [-0.25, -0.2) is 4.39 Å². The molecule has 2 rings (SSSR count). The van der Waals surface area contributed by atoms with Crippen molar-refractivity contribution < 1.29 is 28.6 Å². The number of aliphatic carboxylic acids is 1. The number of rotatable bonds is 9. The van der Waals surface area contributed by atoms with Crippen LogP contribution in [0.2, 0.25) is 0 Å². The monoisotopic (exact) mass is 373 g/mol. The largest absolute Gasteiger partial charge is 0.489 e. The van der Waals surface area contributed by atoms with E-state index in [1.54, 1.807) is 24.3 Å². The number of ketones is 1. The molecule has 0 atom stereocenters. The van der Waals surface area contributed by atoms with Gasteiger partial charge in [0.15, 0.2) is 5.78 Å². The number of hydrogen-bond acceptors (Lipinski definition) is 4. The van der Waals surface area contributed by atoms with Crippen molar-refractivity contribution in [3.63, 3.8) is 0 Å². The summed E-state index contributed by atoms with van der Waals surface area (Å²) in [5, 5.41) is 11.3. The molecule has 0 aromatic heterocycles. The molecule has 2 aromatic rings. The zero-order valence-electron chi connectivity index (χ0n) is 14.8. The molecule has 0 unspecified atom stereocenters. The van der Waals surface area contributed by atoms with Gasteiger partial charge in [0.25, 0.3) is 0 Å². The molecule has 0 spiro atoms. The predicted molar refractivity (Wildman–Crippen MR) is 97.3 cm³/mol. The lowest BCUT2D eigenvalue weighted by atomic mass is 10.1. The average molecular weight is 373 g/mol. The zero-order chi connectivity index (χ0) is 19.8. The number of amides is 1. The Hall–Kier alpha value is -3.22. The molecule has 7 heteroatoms. The number of benzene rings is 2. The van der Waals surface area contributed by atoms with Crippen LogP contribution < -0.4 is 10.1 Å². The van der Waals surface area contributed by atoms with Crippen molar-refractivity contribution in [2.24, 2.45) is 0 Å². The van der Waals surface area contributed by atoms with Gasteiger partial charge >= 0.3 is 5.97 Å². The number of ether oxygens (including phenoxy) is 1. The molecule has 2 N–H and O–H groups in total. The SMILES string of the molecule is CC(=O)c1ccc(OCc2cccc(NC(=O)CCCC(=O)O)c2)cc1F. The normalized spacial score (nSPS) is 10.3. The highest BCUT2D eigenvalue weighted by Crippen LogP contribution is 2.19. The maximum atomic E-state index is 13.8. The van der Waals surface area contributed by atoms with Crippen molar-refractivity contribution in [2.75, 3.05) is 5.32 Å². The Morgan fingerprint density at radius 1 is 1.11 bits per heavy atom. The highest BCUT2D eigenvalue weighted by atomic mass is 19.1. The van der Waals surface area contributed by atoms with Crippen LogP contribution in [-0.2, 0) is 16.2 Å². The average Bonchev–Trinajstić information content (AvgIpc) is 2.59. The van der Waals surface area contributed by atoms with Crippen molar-refractivity contribution >= 4 is 23.3 Å². The van der Waals surface area contributed by atoms with Gasteiger partial charge in [0, 0.05) is 24.6 Å². The Morgan fingerprint density at radius 3 is 2.56 bits per heavy atom. The van der Waals surface area contributed by atoms with E-state index in [1.165, 1.54) is 19.1 Å². The molecule has 1 amide bonds. The third-order valence-electron chi connectivity index (χ3n) is 3.73. The summed E-state index contributed by atoms with van der Waals surface area (Å²) >= 11 is 0. The number of carbonyl (C=O) groups excluding carboxylic acids is 2. The standard InChI is InChI=1S/C20H20FNO5/c1-13(23)17-9-8-16(11-18(17)21)27-12-14-4-2-5-15(10-14)22-19(24)6-3-7-20(25)26/h2,4-5,8-11H,3,6-7,12H2,1H3,(H,22,24)(H,25,26). The topological polar surface area (TPSA) is 92.7 Å². The van der Waals surface area contributed by atoms with E-state index in [2.05, 4.69) is 5.32 Å². The van der Waals surface area contributed by atoms with Gasteiger partial charge in [0.1, 0.15) is 18.2 Å². The quantitative estimate of drug-likeness (QED) is 0.652. The summed E-state index contributed by atoms with van der Waals surface area (Å²) in [5.41, 5.74) is 1.33. The van der Waals surface area contributed by atoms with Crippen LogP contribution in [0.1, 0.15) is 42.1 Å². The van der Waals surface area contributed by atoms with Crippen molar-refractivity contribution in [3.05, 3.63) is 59.4 Å². The number of nitrogens with one attached hydrogen (secondary N) is 1. The Morgan fingerprint density at radius 2 is 1.89 bits per heavy atom. The van der Waals surface area contributed by atoms with E-state index >= 15 is 0 Å². The molecule has 142 valence electrons. The van der Waals surface area contributed by atoms with E-state index in [4.69, 9.17) is 9.84 Å². The maximum Gasteiger partial charge on any atom is 0.303 e. The van der Waals surface area contributed by atoms with Crippen LogP contribution in [0.25, 0.3) is 0 Å². The number of halogens is 1. The van der Waals surface area contributed by atoms with E-state index in [0.717, 1.165) is 11.6 Å². The summed E-state index contributed by atoms with van der Waals surface area (Å²) in [7, 11) is 0. The molecule has 0 bridgehead atoms. The van der Waals surface area contributed by atoms with Crippen LogP contribution >= 0.6 is 0 Å². The number of carbonyl (C=O) groups is 3. The fourth-order valence-electron chi connectivity index (χ4n) is 2.40. The van der Waals surface area contributed by atoms with Crippen LogP contribution in [-0.4, -0.2) is 22.8 Å². The minimum Gasteiger partial charge on any atom is -0.489 e. The molecular weight excluding hydrogens is 353 g/mol. The highest BCUT2D eigenvalue weighted by Gasteiger charge is 2.09. The van der Waals surface area contributed by atoms with Gasteiger partial charge in [0.2, 0.25) is 5.91 Å². The molecule has 0 saturated carbocycles. The molecule has 0 aliphatic carbocycles. The lowest BCUT2D eigenvalue weighted by molar-refractivity contribution is -0.137. The van der Waals surface area contributed by atoms with Crippen molar-refractivity contribution in [1.29, 1.82) is 0 Å². The molecule has 0 heterocycles. The zero-order valence-corrected chi connectivity index (χ0v) is 14.8. The van der Waals surface area contributed by atoms with Gasteiger partial charge in [-0.15, -0.1) is 0 Å². The lowest BCUT2D eigenvalue weighted by Gasteiger charge is -2.10. The van der Waals surface area contributed by atoms with Crippen LogP contribution in [0, 0.1) is 5.82 Å².